The van der Waals surface area contributed by atoms with E-state index in [9.17, 15) is 5.26 Å². The van der Waals surface area contributed by atoms with E-state index in [1.165, 1.54) is 19.3 Å². The van der Waals surface area contributed by atoms with E-state index in [-0.39, 0.29) is 0 Å². The molecular formula is C13H18N4. The average Bonchev–Trinajstić information content (AvgIpc) is 3.13. The Balaban J connectivity index is 2.18. The van der Waals surface area contributed by atoms with Crippen LogP contribution in [0.1, 0.15) is 36.1 Å². The topological polar surface area (TPSA) is 52.8 Å². The van der Waals surface area contributed by atoms with E-state index in [0.29, 0.717) is 5.56 Å². The molecule has 1 aliphatic carbocycles. The minimum Gasteiger partial charge on any atom is -0.357 e. The second-order valence-electron chi connectivity index (χ2n) is 4.87. The van der Waals surface area contributed by atoms with E-state index in [0.717, 1.165) is 29.5 Å². The lowest BCUT2D eigenvalue weighted by Crippen LogP contribution is -2.22. The number of hydrogen-bond acceptors (Lipinski definition) is 4. The Morgan fingerprint density at radius 3 is 2.65 bits per heavy atom. The highest BCUT2D eigenvalue weighted by Gasteiger charge is 2.22. The fraction of sp³-hybridized carbons (Fsp3) is 0.615. The Kier molecular flexibility index (Phi) is 3.28. The molecule has 0 aliphatic heterocycles. The zero-order chi connectivity index (χ0) is 12.4. The van der Waals surface area contributed by atoms with Crippen LogP contribution >= 0.6 is 0 Å². The van der Waals surface area contributed by atoms with E-state index < -0.39 is 0 Å². The molecule has 1 saturated carbocycles. The van der Waals surface area contributed by atoms with Gasteiger partial charge in [0.1, 0.15) is 11.6 Å². The zero-order valence-corrected chi connectivity index (χ0v) is 10.7. The summed E-state index contributed by atoms with van der Waals surface area (Å²) in [5, 5.41) is 17.5. The van der Waals surface area contributed by atoms with Crippen molar-refractivity contribution in [3.8, 4) is 6.07 Å². The van der Waals surface area contributed by atoms with Crippen LogP contribution in [-0.2, 0) is 0 Å². The zero-order valence-electron chi connectivity index (χ0n) is 10.7. The lowest BCUT2D eigenvalue weighted by Gasteiger charge is -2.19. The minimum atomic E-state index is 0.663. The van der Waals surface area contributed by atoms with E-state index >= 15 is 0 Å². The van der Waals surface area contributed by atoms with Crippen LogP contribution in [0.3, 0.4) is 0 Å². The molecule has 1 aromatic rings. The third-order valence-electron chi connectivity index (χ3n) is 3.48. The van der Waals surface area contributed by atoms with Gasteiger partial charge in [-0.05, 0) is 31.7 Å². The average molecular weight is 230 g/mol. The Morgan fingerprint density at radius 2 is 2.06 bits per heavy atom. The molecule has 2 rings (SSSR count). The first-order chi connectivity index (χ1) is 8.13. The standard InChI is InChI=1S/C13H18N4/c1-9-10(2)15-16-13(12(9)8-14)17(3)7-6-11-4-5-11/h11H,4-7H2,1-3H3. The summed E-state index contributed by atoms with van der Waals surface area (Å²) in [6.45, 7) is 4.77. The molecule has 0 bridgehead atoms. The Morgan fingerprint density at radius 1 is 1.35 bits per heavy atom. The fourth-order valence-corrected chi connectivity index (χ4v) is 1.89. The van der Waals surface area contributed by atoms with Gasteiger partial charge >= 0.3 is 0 Å². The molecule has 4 nitrogen and oxygen atoms in total. The second kappa shape index (κ2) is 4.70. The van der Waals surface area contributed by atoms with Crippen molar-refractivity contribution in [3.63, 3.8) is 0 Å². The van der Waals surface area contributed by atoms with E-state index in [1.54, 1.807) is 0 Å². The number of hydrogen-bond donors (Lipinski definition) is 0. The second-order valence-corrected chi connectivity index (χ2v) is 4.87. The van der Waals surface area contributed by atoms with E-state index in [4.69, 9.17) is 0 Å². The summed E-state index contributed by atoms with van der Waals surface area (Å²) in [5.41, 5.74) is 2.44. The number of nitrogens with zero attached hydrogens (tertiary/aromatic N) is 4. The highest BCUT2D eigenvalue weighted by molar-refractivity contribution is 5.57. The summed E-state index contributed by atoms with van der Waals surface area (Å²) >= 11 is 0. The van der Waals surface area contributed by atoms with Crippen LogP contribution in [-0.4, -0.2) is 23.8 Å². The third-order valence-corrected chi connectivity index (χ3v) is 3.48. The number of nitriles is 1. The van der Waals surface area contributed by atoms with Crippen LogP contribution in [0, 0.1) is 31.1 Å². The first-order valence-electron chi connectivity index (χ1n) is 6.08. The maximum Gasteiger partial charge on any atom is 0.169 e. The van der Waals surface area contributed by atoms with Gasteiger partial charge < -0.3 is 4.90 Å². The maximum atomic E-state index is 9.22. The summed E-state index contributed by atoms with van der Waals surface area (Å²) in [4.78, 5) is 2.05. The molecule has 1 aromatic heterocycles. The van der Waals surface area contributed by atoms with Gasteiger partial charge in [-0.25, -0.2) is 0 Å². The van der Waals surface area contributed by atoms with Gasteiger partial charge in [-0.2, -0.15) is 10.4 Å². The molecule has 90 valence electrons. The quantitative estimate of drug-likeness (QED) is 0.795. The van der Waals surface area contributed by atoms with Crippen molar-refractivity contribution < 1.29 is 0 Å². The lowest BCUT2D eigenvalue weighted by molar-refractivity contribution is 0.700. The summed E-state index contributed by atoms with van der Waals surface area (Å²) in [7, 11) is 1.99. The van der Waals surface area contributed by atoms with Crippen molar-refractivity contribution in [1.82, 2.24) is 10.2 Å². The Hall–Kier alpha value is -1.63. The number of aryl methyl sites for hydroxylation is 1. The first kappa shape index (κ1) is 11.8. The molecule has 17 heavy (non-hydrogen) atoms. The SMILES string of the molecule is Cc1nnc(N(C)CCC2CC2)c(C#N)c1C. The molecule has 0 aromatic carbocycles. The van der Waals surface area contributed by atoms with Crippen LogP contribution in [0.5, 0.6) is 0 Å². The number of rotatable bonds is 4. The predicted molar refractivity (Wildman–Crippen MR) is 66.8 cm³/mol. The van der Waals surface area contributed by atoms with Crippen molar-refractivity contribution >= 4 is 5.82 Å². The van der Waals surface area contributed by atoms with Crippen molar-refractivity contribution in [3.05, 3.63) is 16.8 Å². The monoisotopic (exact) mass is 230 g/mol. The Labute approximate surface area is 102 Å². The number of aromatic nitrogens is 2. The van der Waals surface area contributed by atoms with Crippen LogP contribution in [0.4, 0.5) is 5.82 Å². The maximum absolute atomic E-state index is 9.22. The molecule has 1 heterocycles. The van der Waals surface area contributed by atoms with Crippen molar-refractivity contribution in [2.75, 3.05) is 18.5 Å². The van der Waals surface area contributed by atoms with Gasteiger partial charge in [0.25, 0.3) is 0 Å². The number of anilines is 1. The molecule has 0 saturated heterocycles. The summed E-state index contributed by atoms with van der Waals surface area (Å²) in [6.07, 6.45) is 3.91. The summed E-state index contributed by atoms with van der Waals surface area (Å²) < 4.78 is 0. The third kappa shape index (κ3) is 2.55. The molecular weight excluding hydrogens is 212 g/mol. The first-order valence-corrected chi connectivity index (χ1v) is 6.08. The molecule has 0 spiro atoms. The van der Waals surface area contributed by atoms with Crippen LogP contribution in [0.2, 0.25) is 0 Å². The van der Waals surface area contributed by atoms with Crippen molar-refractivity contribution in [2.24, 2.45) is 5.92 Å². The molecule has 1 fully saturated rings. The smallest absolute Gasteiger partial charge is 0.169 e. The van der Waals surface area contributed by atoms with Crippen molar-refractivity contribution in [2.45, 2.75) is 33.1 Å². The van der Waals surface area contributed by atoms with Crippen LogP contribution in [0.25, 0.3) is 0 Å². The minimum absolute atomic E-state index is 0.663. The van der Waals surface area contributed by atoms with Gasteiger partial charge in [-0.1, -0.05) is 12.8 Å². The van der Waals surface area contributed by atoms with Crippen molar-refractivity contribution in [1.29, 1.82) is 5.26 Å². The molecule has 0 radical (unpaired) electrons. The summed E-state index contributed by atoms with van der Waals surface area (Å²) in [6, 6.07) is 2.24. The van der Waals surface area contributed by atoms with Gasteiger partial charge in [0, 0.05) is 13.6 Å². The lowest BCUT2D eigenvalue weighted by atomic mass is 10.1. The van der Waals surface area contributed by atoms with Gasteiger partial charge in [0.05, 0.1) is 5.69 Å². The highest BCUT2D eigenvalue weighted by Crippen LogP contribution is 2.33. The van der Waals surface area contributed by atoms with Gasteiger partial charge in [0.2, 0.25) is 0 Å². The highest BCUT2D eigenvalue weighted by atomic mass is 15.2. The molecule has 0 N–H and O–H groups in total. The normalized spacial score (nSPS) is 14.5. The molecule has 0 unspecified atom stereocenters. The molecule has 0 atom stereocenters. The van der Waals surface area contributed by atoms with E-state index in [1.807, 2.05) is 20.9 Å². The van der Waals surface area contributed by atoms with Gasteiger partial charge in [-0.3, -0.25) is 0 Å². The van der Waals surface area contributed by atoms with E-state index in [2.05, 4.69) is 21.2 Å². The summed E-state index contributed by atoms with van der Waals surface area (Å²) in [5.74, 6) is 1.61. The van der Waals surface area contributed by atoms with Gasteiger partial charge in [-0.15, -0.1) is 5.10 Å². The van der Waals surface area contributed by atoms with Gasteiger partial charge in [0.15, 0.2) is 5.82 Å². The molecule has 4 heteroatoms. The van der Waals surface area contributed by atoms with Crippen LogP contribution < -0.4 is 4.90 Å². The fourth-order valence-electron chi connectivity index (χ4n) is 1.89. The largest absolute Gasteiger partial charge is 0.357 e. The van der Waals surface area contributed by atoms with Crippen LogP contribution in [0.15, 0.2) is 0 Å². The predicted octanol–water partition coefficient (Wildman–Crippen LogP) is 2.20. The Bertz CT molecular complexity index is 457. The molecule has 0 amide bonds. The molecule has 1 aliphatic rings.